The summed E-state index contributed by atoms with van der Waals surface area (Å²) < 4.78 is 0. The first kappa shape index (κ1) is 11.6. The Balaban J connectivity index is 3.08. The molecule has 0 atom stereocenters. The van der Waals surface area contributed by atoms with Gasteiger partial charge in [0, 0.05) is 19.4 Å². The van der Waals surface area contributed by atoms with Gasteiger partial charge >= 0.3 is 0 Å². The van der Waals surface area contributed by atoms with Crippen molar-refractivity contribution < 1.29 is 4.79 Å². The van der Waals surface area contributed by atoms with Crippen molar-refractivity contribution in [3.05, 3.63) is 0 Å². The number of carbonyl (C=O) groups is 1. The van der Waals surface area contributed by atoms with Gasteiger partial charge in [-0.25, -0.2) is 0 Å². The van der Waals surface area contributed by atoms with Gasteiger partial charge in [-0.05, 0) is 19.4 Å². The van der Waals surface area contributed by atoms with Gasteiger partial charge in [-0.1, -0.05) is 20.3 Å². The summed E-state index contributed by atoms with van der Waals surface area (Å²) >= 11 is 0. The third kappa shape index (κ3) is 7.73. The van der Waals surface area contributed by atoms with Crippen molar-refractivity contribution >= 4 is 5.78 Å². The molecule has 0 aliphatic heterocycles. The maximum atomic E-state index is 11.1. The quantitative estimate of drug-likeness (QED) is 0.567. The van der Waals surface area contributed by atoms with Crippen molar-refractivity contribution in [3.8, 4) is 0 Å². The molecule has 0 spiro atoms. The highest BCUT2D eigenvalue weighted by Gasteiger charge is 1.99. The van der Waals surface area contributed by atoms with Gasteiger partial charge in [0.05, 0.1) is 0 Å². The van der Waals surface area contributed by atoms with Gasteiger partial charge in [0.15, 0.2) is 0 Å². The van der Waals surface area contributed by atoms with E-state index >= 15 is 0 Å². The number of unbranched alkanes of at least 4 members (excludes halogenated alkanes) is 1. The van der Waals surface area contributed by atoms with Crippen molar-refractivity contribution in [2.45, 2.75) is 46.0 Å². The maximum absolute atomic E-state index is 11.1. The van der Waals surface area contributed by atoms with Gasteiger partial charge in [-0.3, -0.25) is 4.79 Å². The molecule has 0 heterocycles. The zero-order valence-electron chi connectivity index (χ0n) is 8.36. The van der Waals surface area contributed by atoms with Gasteiger partial charge in [-0.2, -0.15) is 0 Å². The Morgan fingerprint density at radius 1 is 1.08 bits per heavy atom. The standard InChI is InChI=1S/C10H21NO/c1-3-5-6-10(12)7-9-11-8-4-2/h11H,3-9H2,1-2H3. The van der Waals surface area contributed by atoms with Crippen LogP contribution in [0, 0.1) is 0 Å². The van der Waals surface area contributed by atoms with Crippen LogP contribution >= 0.6 is 0 Å². The Hall–Kier alpha value is -0.370. The molecule has 0 saturated carbocycles. The summed E-state index contributed by atoms with van der Waals surface area (Å²) in [4.78, 5) is 11.1. The molecular formula is C10H21NO. The summed E-state index contributed by atoms with van der Waals surface area (Å²) in [5, 5.41) is 3.22. The Bertz CT molecular complexity index is 112. The van der Waals surface area contributed by atoms with Gasteiger partial charge < -0.3 is 5.32 Å². The van der Waals surface area contributed by atoms with E-state index in [-0.39, 0.29) is 0 Å². The Kier molecular flexibility index (Phi) is 8.46. The van der Waals surface area contributed by atoms with Crippen LogP contribution in [0.25, 0.3) is 0 Å². The van der Waals surface area contributed by atoms with Gasteiger partial charge in [0.2, 0.25) is 0 Å². The van der Waals surface area contributed by atoms with Crippen LogP contribution in [0.5, 0.6) is 0 Å². The lowest BCUT2D eigenvalue weighted by molar-refractivity contribution is -0.119. The van der Waals surface area contributed by atoms with E-state index in [2.05, 4.69) is 19.2 Å². The van der Waals surface area contributed by atoms with E-state index in [0.717, 1.165) is 38.8 Å². The molecule has 0 radical (unpaired) electrons. The molecule has 12 heavy (non-hydrogen) atoms. The number of hydrogen-bond acceptors (Lipinski definition) is 2. The molecule has 0 fully saturated rings. The maximum Gasteiger partial charge on any atom is 0.134 e. The minimum absolute atomic E-state index is 0.403. The number of rotatable bonds is 8. The van der Waals surface area contributed by atoms with E-state index in [1.165, 1.54) is 0 Å². The SMILES string of the molecule is CCCCC(=O)CCNCCC. The predicted octanol–water partition coefficient (Wildman–Crippen LogP) is 2.14. The first-order valence-corrected chi connectivity index (χ1v) is 5.03. The monoisotopic (exact) mass is 171 g/mol. The molecule has 0 unspecified atom stereocenters. The summed E-state index contributed by atoms with van der Waals surface area (Å²) in [7, 11) is 0. The summed E-state index contributed by atoms with van der Waals surface area (Å²) in [6.45, 7) is 6.13. The molecule has 0 aliphatic rings. The van der Waals surface area contributed by atoms with Crippen molar-refractivity contribution in [1.29, 1.82) is 0 Å². The molecule has 1 N–H and O–H groups in total. The molecular weight excluding hydrogens is 150 g/mol. The summed E-state index contributed by atoms with van der Waals surface area (Å²) in [6.07, 6.45) is 4.79. The average molecular weight is 171 g/mol. The topological polar surface area (TPSA) is 29.1 Å². The fourth-order valence-corrected chi connectivity index (χ4v) is 1.03. The average Bonchev–Trinajstić information content (AvgIpc) is 2.09. The van der Waals surface area contributed by atoms with Crippen LogP contribution in [0.4, 0.5) is 0 Å². The van der Waals surface area contributed by atoms with Crippen LogP contribution < -0.4 is 5.32 Å². The lowest BCUT2D eigenvalue weighted by Gasteiger charge is -2.01. The number of ketones is 1. The molecule has 72 valence electrons. The highest BCUT2D eigenvalue weighted by molar-refractivity contribution is 5.78. The number of carbonyl (C=O) groups excluding carboxylic acids is 1. The molecule has 0 bridgehead atoms. The molecule has 0 rings (SSSR count). The van der Waals surface area contributed by atoms with E-state index in [1.54, 1.807) is 0 Å². The zero-order valence-corrected chi connectivity index (χ0v) is 8.36. The fraction of sp³-hybridized carbons (Fsp3) is 0.900. The first-order valence-electron chi connectivity index (χ1n) is 5.03. The second kappa shape index (κ2) is 8.72. The molecule has 0 saturated heterocycles. The summed E-state index contributed by atoms with van der Waals surface area (Å²) in [6, 6.07) is 0. The van der Waals surface area contributed by atoms with E-state index in [4.69, 9.17) is 0 Å². The number of nitrogens with one attached hydrogen (secondary N) is 1. The van der Waals surface area contributed by atoms with E-state index in [9.17, 15) is 4.79 Å². The van der Waals surface area contributed by atoms with Gasteiger partial charge in [-0.15, -0.1) is 0 Å². The largest absolute Gasteiger partial charge is 0.316 e. The summed E-state index contributed by atoms with van der Waals surface area (Å²) in [5.41, 5.74) is 0. The predicted molar refractivity (Wildman–Crippen MR) is 52.3 cm³/mol. The van der Waals surface area contributed by atoms with E-state index in [0.29, 0.717) is 12.2 Å². The molecule has 0 aromatic rings. The number of Topliss-reactive ketones (excluding diaryl/α,β-unsaturated/α-hetero) is 1. The van der Waals surface area contributed by atoms with Crippen LogP contribution in [0.2, 0.25) is 0 Å². The minimum Gasteiger partial charge on any atom is -0.316 e. The van der Waals surface area contributed by atoms with E-state index in [1.807, 2.05) is 0 Å². The Labute approximate surface area is 75.7 Å². The smallest absolute Gasteiger partial charge is 0.134 e. The van der Waals surface area contributed by atoms with Crippen molar-refractivity contribution in [2.24, 2.45) is 0 Å². The summed E-state index contributed by atoms with van der Waals surface area (Å²) in [5.74, 6) is 0.403. The van der Waals surface area contributed by atoms with Crippen LogP contribution in [0.15, 0.2) is 0 Å². The Morgan fingerprint density at radius 3 is 2.42 bits per heavy atom. The second-order valence-electron chi connectivity index (χ2n) is 3.14. The van der Waals surface area contributed by atoms with Crippen molar-refractivity contribution in [2.75, 3.05) is 13.1 Å². The molecule has 0 aromatic heterocycles. The Morgan fingerprint density at radius 2 is 1.83 bits per heavy atom. The molecule has 2 nitrogen and oxygen atoms in total. The zero-order chi connectivity index (χ0) is 9.23. The van der Waals surface area contributed by atoms with Crippen LogP contribution in [0.1, 0.15) is 46.0 Å². The highest BCUT2D eigenvalue weighted by atomic mass is 16.1. The van der Waals surface area contributed by atoms with Crippen LogP contribution in [-0.4, -0.2) is 18.9 Å². The first-order chi connectivity index (χ1) is 5.81. The lowest BCUT2D eigenvalue weighted by atomic mass is 10.1. The minimum atomic E-state index is 0.403. The highest BCUT2D eigenvalue weighted by Crippen LogP contribution is 1.97. The fourth-order valence-electron chi connectivity index (χ4n) is 1.03. The third-order valence-corrected chi connectivity index (χ3v) is 1.82. The van der Waals surface area contributed by atoms with E-state index < -0.39 is 0 Å². The van der Waals surface area contributed by atoms with Gasteiger partial charge in [0.1, 0.15) is 5.78 Å². The van der Waals surface area contributed by atoms with Crippen LogP contribution in [0.3, 0.4) is 0 Å². The molecule has 0 amide bonds. The number of hydrogen-bond donors (Lipinski definition) is 1. The third-order valence-electron chi connectivity index (χ3n) is 1.82. The lowest BCUT2D eigenvalue weighted by Crippen LogP contribution is -2.18. The normalized spacial score (nSPS) is 10.2. The van der Waals surface area contributed by atoms with Crippen molar-refractivity contribution in [1.82, 2.24) is 5.32 Å². The molecule has 0 aliphatic carbocycles. The second-order valence-corrected chi connectivity index (χ2v) is 3.14. The van der Waals surface area contributed by atoms with Gasteiger partial charge in [0.25, 0.3) is 0 Å². The van der Waals surface area contributed by atoms with Crippen molar-refractivity contribution in [3.63, 3.8) is 0 Å². The molecule has 2 heteroatoms. The molecule has 0 aromatic carbocycles. The van der Waals surface area contributed by atoms with Crippen LogP contribution in [-0.2, 0) is 4.79 Å².